The number of nitrogens with zero attached hydrogens (tertiary/aromatic N) is 1. The van der Waals surface area contributed by atoms with E-state index in [0.717, 1.165) is 24.2 Å². The third-order valence-corrected chi connectivity index (χ3v) is 4.28. The quantitative estimate of drug-likeness (QED) is 0.858. The van der Waals surface area contributed by atoms with Crippen molar-refractivity contribution in [3.63, 3.8) is 0 Å². The standard InChI is InChI=1S/C19H25FN2/c1-13-7-5-6-8-18(13)14(2)9-16(11-21-4)19-15(3)10-17(20)12-22-19/h5-8,10,12,14,16,21H,9,11H2,1-4H3. The molecule has 22 heavy (non-hydrogen) atoms. The maximum absolute atomic E-state index is 13.3. The fraction of sp³-hybridized carbons (Fsp3) is 0.421. The number of nitrogens with one attached hydrogen (secondary N) is 1. The molecule has 1 aromatic carbocycles. The van der Waals surface area contributed by atoms with E-state index in [4.69, 9.17) is 0 Å². The molecule has 2 unspecified atom stereocenters. The number of rotatable bonds is 6. The Morgan fingerprint density at radius 2 is 1.91 bits per heavy atom. The van der Waals surface area contributed by atoms with Crippen molar-refractivity contribution < 1.29 is 4.39 Å². The molecule has 0 amide bonds. The van der Waals surface area contributed by atoms with Crippen molar-refractivity contribution in [2.24, 2.45) is 0 Å². The molecule has 0 fully saturated rings. The van der Waals surface area contributed by atoms with Crippen LogP contribution in [0.25, 0.3) is 0 Å². The van der Waals surface area contributed by atoms with Gasteiger partial charge in [0, 0.05) is 18.2 Å². The number of halogens is 1. The van der Waals surface area contributed by atoms with Crippen LogP contribution in [0.4, 0.5) is 4.39 Å². The second-order valence-corrected chi connectivity index (χ2v) is 6.10. The van der Waals surface area contributed by atoms with Gasteiger partial charge in [-0.05, 0) is 56.0 Å². The van der Waals surface area contributed by atoms with E-state index in [2.05, 4.69) is 48.4 Å². The van der Waals surface area contributed by atoms with E-state index in [-0.39, 0.29) is 11.7 Å². The molecule has 0 saturated heterocycles. The van der Waals surface area contributed by atoms with Crippen LogP contribution < -0.4 is 5.32 Å². The van der Waals surface area contributed by atoms with Crippen molar-refractivity contribution in [3.05, 3.63) is 64.7 Å². The number of pyridine rings is 1. The van der Waals surface area contributed by atoms with Crippen LogP contribution in [0.5, 0.6) is 0 Å². The monoisotopic (exact) mass is 300 g/mol. The molecule has 3 heteroatoms. The Balaban J connectivity index is 2.23. The molecule has 0 aliphatic heterocycles. The van der Waals surface area contributed by atoms with E-state index in [1.54, 1.807) is 6.07 Å². The molecule has 2 rings (SSSR count). The largest absolute Gasteiger partial charge is 0.319 e. The maximum atomic E-state index is 13.3. The van der Waals surface area contributed by atoms with Crippen LogP contribution in [-0.4, -0.2) is 18.6 Å². The summed E-state index contributed by atoms with van der Waals surface area (Å²) in [6.07, 6.45) is 2.31. The summed E-state index contributed by atoms with van der Waals surface area (Å²) in [6.45, 7) is 7.19. The van der Waals surface area contributed by atoms with Crippen molar-refractivity contribution in [1.29, 1.82) is 0 Å². The highest BCUT2D eigenvalue weighted by molar-refractivity contribution is 5.30. The normalized spacial score (nSPS) is 13.9. The predicted molar refractivity (Wildman–Crippen MR) is 89.8 cm³/mol. The summed E-state index contributed by atoms with van der Waals surface area (Å²) in [6, 6.07) is 10.1. The lowest BCUT2D eigenvalue weighted by Gasteiger charge is -2.23. The van der Waals surface area contributed by atoms with Gasteiger partial charge in [-0.2, -0.15) is 0 Å². The number of aromatic nitrogens is 1. The summed E-state index contributed by atoms with van der Waals surface area (Å²) in [7, 11) is 1.95. The predicted octanol–water partition coefficient (Wildman–Crippen LogP) is 4.33. The van der Waals surface area contributed by atoms with E-state index >= 15 is 0 Å². The lowest BCUT2D eigenvalue weighted by Crippen LogP contribution is -2.21. The molecule has 0 radical (unpaired) electrons. The van der Waals surface area contributed by atoms with E-state index in [1.165, 1.54) is 17.3 Å². The van der Waals surface area contributed by atoms with Crippen molar-refractivity contribution in [2.45, 2.75) is 39.0 Å². The average molecular weight is 300 g/mol. The maximum Gasteiger partial charge on any atom is 0.141 e. The van der Waals surface area contributed by atoms with Gasteiger partial charge in [-0.15, -0.1) is 0 Å². The minimum Gasteiger partial charge on any atom is -0.319 e. The minimum absolute atomic E-state index is 0.267. The van der Waals surface area contributed by atoms with Crippen LogP contribution in [0.2, 0.25) is 0 Å². The Hall–Kier alpha value is -1.74. The minimum atomic E-state index is -0.267. The van der Waals surface area contributed by atoms with Crippen LogP contribution in [0.3, 0.4) is 0 Å². The molecule has 2 atom stereocenters. The Morgan fingerprint density at radius 1 is 1.18 bits per heavy atom. The summed E-state index contributed by atoms with van der Waals surface area (Å²) >= 11 is 0. The van der Waals surface area contributed by atoms with Crippen molar-refractivity contribution >= 4 is 0 Å². The average Bonchev–Trinajstić information content (AvgIpc) is 2.47. The van der Waals surface area contributed by atoms with Gasteiger partial charge in [0.1, 0.15) is 5.82 Å². The molecular formula is C19H25FN2. The van der Waals surface area contributed by atoms with Crippen molar-refractivity contribution in [2.75, 3.05) is 13.6 Å². The zero-order valence-electron chi connectivity index (χ0n) is 13.9. The van der Waals surface area contributed by atoms with Crippen LogP contribution in [0, 0.1) is 19.7 Å². The number of hydrogen-bond donors (Lipinski definition) is 1. The van der Waals surface area contributed by atoms with E-state index in [0.29, 0.717) is 5.92 Å². The molecule has 0 aliphatic carbocycles. The third-order valence-electron chi connectivity index (χ3n) is 4.28. The molecule has 0 aliphatic rings. The summed E-state index contributed by atoms with van der Waals surface area (Å²) < 4.78 is 13.3. The number of likely N-dealkylation sites (N-methyl/N-ethyl adjacent to an activating group) is 1. The van der Waals surface area contributed by atoms with Crippen LogP contribution >= 0.6 is 0 Å². The van der Waals surface area contributed by atoms with Gasteiger partial charge >= 0.3 is 0 Å². The van der Waals surface area contributed by atoms with Crippen molar-refractivity contribution in [3.8, 4) is 0 Å². The Morgan fingerprint density at radius 3 is 2.55 bits per heavy atom. The first-order valence-corrected chi connectivity index (χ1v) is 7.85. The van der Waals surface area contributed by atoms with Gasteiger partial charge in [0.2, 0.25) is 0 Å². The highest BCUT2D eigenvalue weighted by atomic mass is 19.1. The summed E-state index contributed by atoms with van der Waals surface area (Å²) in [4.78, 5) is 4.35. The van der Waals surface area contributed by atoms with Gasteiger partial charge < -0.3 is 5.32 Å². The summed E-state index contributed by atoms with van der Waals surface area (Å²) in [5.41, 5.74) is 4.62. The Kier molecular flexibility index (Phi) is 5.67. The van der Waals surface area contributed by atoms with Crippen LogP contribution in [-0.2, 0) is 0 Å². The highest BCUT2D eigenvalue weighted by Crippen LogP contribution is 2.31. The fourth-order valence-corrected chi connectivity index (χ4v) is 3.21. The first-order valence-electron chi connectivity index (χ1n) is 7.85. The molecule has 0 spiro atoms. The highest BCUT2D eigenvalue weighted by Gasteiger charge is 2.20. The first-order chi connectivity index (χ1) is 10.5. The van der Waals surface area contributed by atoms with E-state index < -0.39 is 0 Å². The third kappa shape index (κ3) is 3.92. The topological polar surface area (TPSA) is 24.9 Å². The number of benzene rings is 1. The lowest BCUT2D eigenvalue weighted by molar-refractivity contribution is 0.516. The zero-order valence-corrected chi connectivity index (χ0v) is 13.9. The molecule has 2 nitrogen and oxygen atoms in total. The number of aryl methyl sites for hydroxylation is 2. The number of hydrogen-bond acceptors (Lipinski definition) is 2. The van der Waals surface area contributed by atoms with Crippen molar-refractivity contribution in [1.82, 2.24) is 10.3 Å². The zero-order chi connectivity index (χ0) is 16.1. The van der Waals surface area contributed by atoms with E-state index in [9.17, 15) is 4.39 Å². The molecule has 2 aromatic rings. The first kappa shape index (κ1) is 16.6. The molecule has 1 aromatic heterocycles. The molecule has 0 saturated carbocycles. The van der Waals surface area contributed by atoms with Crippen LogP contribution in [0.15, 0.2) is 36.5 Å². The lowest BCUT2D eigenvalue weighted by atomic mass is 9.85. The van der Waals surface area contributed by atoms with Gasteiger partial charge in [-0.3, -0.25) is 4.98 Å². The Labute approximate surface area is 132 Å². The van der Waals surface area contributed by atoms with E-state index in [1.807, 2.05) is 14.0 Å². The molecule has 1 N–H and O–H groups in total. The smallest absolute Gasteiger partial charge is 0.141 e. The molecule has 118 valence electrons. The van der Waals surface area contributed by atoms with Gasteiger partial charge in [0.25, 0.3) is 0 Å². The van der Waals surface area contributed by atoms with Gasteiger partial charge in [0.15, 0.2) is 0 Å². The second kappa shape index (κ2) is 7.50. The SMILES string of the molecule is CNCC(CC(C)c1ccccc1C)c1ncc(F)cc1C. The Bertz CT molecular complexity index is 625. The van der Waals surface area contributed by atoms with Gasteiger partial charge in [-0.1, -0.05) is 31.2 Å². The summed E-state index contributed by atoms with van der Waals surface area (Å²) in [5.74, 6) is 0.447. The molecule has 1 heterocycles. The van der Waals surface area contributed by atoms with Crippen LogP contribution in [0.1, 0.15) is 47.6 Å². The molecular weight excluding hydrogens is 275 g/mol. The second-order valence-electron chi connectivity index (χ2n) is 6.10. The van der Waals surface area contributed by atoms with Gasteiger partial charge in [-0.25, -0.2) is 4.39 Å². The molecule has 0 bridgehead atoms. The fourth-order valence-electron chi connectivity index (χ4n) is 3.21. The summed E-state index contributed by atoms with van der Waals surface area (Å²) in [5, 5.41) is 3.25. The van der Waals surface area contributed by atoms with Gasteiger partial charge in [0.05, 0.1) is 6.20 Å².